The van der Waals surface area contributed by atoms with E-state index in [2.05, 4.69) is 9.97 Å². The van der Waals surface area contributed by atoms with Crippen LogP contribution in [-0.2, 0) is 10.0 Å². The molecule has 0 saturated carbocycles. The summed E-state index contributed by atoms with van der Waals surface area (Å²) in [6.45, 7) is 0.802. The molecule has 0 N–H and O–H groups in total. The van der Waals surface area contributed by atoms with Crippen LogP contribution in [0.4, 0.5) is 0 Å². The van der Waals surface area contributed by atoms with Crippen molar-refractivity contribution in [3.8, 4) is 11.9 Å². The number of hydrogen-bond donors (Lipinski definition) is 0. The van der Waals surface area contributed by atoms with Crippen LogP contribution in [0.5, 0.6) is 11.9 Å². The molecule has 146 valence electrons. The molecule has 0 unspecified atom stereocenters. The number of nitrogens with zero attached hydrogens (tertiary/aromatic N) is 3. The second-order valence-electron chi connectivity index (χ2n) is 6.58. The Hall–Kier alpha value is -2.71. The van der Waals surface area contributed by atoms with Crippen molar-refractivity contribution in [1.82, 2.24) is 14.3 Å². The first-order valence-corrected chi connectivity index (χ1v) is 10.5. The minimum absolute atomic E-state index is 0.0985. The van der Waals surface area contributed by atoms with Crippen molar-refractivity contribution in [3.63, 3.8) is 0 Å². The fourth-order valence-corrected chi connectivity index (χ4v) is 5.09. The van der Waals surface area contributed by atoms with E-state index < -0.39 is 10.0 Å². The van der Waals surface area contributed by atoms with Gasteiger partial charge < -0.3 is 9.47 Å². The van der Waals surface area contributed by atoms with E-state index in [4.69, 9.17) is 9.47 Å². The number of benzene rings is 2. The number of methoxy groups -OCH3 is 1. The molecular weight excluding hydrogens is 378 g/mol. The summed E-state index contributed by atoms with van der Waals surface area (Å²) in [4.78, 5) is 8.45. The van der Waals surface area contributed by atoms with Gasteiger partial charge in [-0.3, -0.25) is 0 Å². The Labute approximate surface area is 164 Å². The Balaban J connectivity index is 1.48. The lowest BCUT2D eigenvalue weighted by Crippen LogP contribution is -2.41. The number of fused-ring (bicyclic) bond motifs is 1. The third kappa shape index (κ3) is 3.65. The molecule has 0 radical (unpaired) electrons. The van der Waals surface area contributed by atoms with E-state index in [1.165, 1.54) is 11.4 Å². The van der Waals surface area contributed by atoms with Crippen LogP contribution in [0.2, 0.25) is 0 Å². The van der Waals surface area contributed by atoms with Gasteiger partial charge in [0.05, 0.1) is 12.0 Å². The predicted molar refractivity (Wildman–Crippen MR) is 105 cm³/mol. The van der Waals surface area contributed by atoms with Crippen molar-refractivity contribution < 1.29 is 17.9 Å². The van der Waals surface area contributed by atoms with E-state index in [0.717, 1.165) is 10.8 Å². The van der Waals surface area contributed by atoms with E-state index in [1.54, 1.807) is 24.4 Å². The topological polar surface area (TPSA) is 81.6 Å². The Morgan fingerprint density at radius 2 is 1.79 bits per heavy atom. The number of aromatic nitrogens is 2. The van der Waals surface area contributed by atoms with Gasteiger partial charge in [-0.25, -0.2) is 13.4 Å². The monoisotopic (exact) mass is 399 g/mol. The Kier molecular flexibility index (Phi) is 5.15. The highest BCUT2D eigenvalue weighted by Crippen LogP contribution is 2.28. The Bertz CT molecular complexity index is 1070. The van der Waals surface area contributed by atoms with E-state index in [-0.39, 0.29) is 12.1 Å². The van der Waals surface area contributed by atoms with Crippen molar-refractivity contribution in [2.24, 2.45) is 0 Å². The van der Waals surface area contributed by atoms with Gasteiger partial charge in [0.15, 0.2) is 0 Å². The quantitative estimate of drug-likeness (QED) is 0.656. The zero-order valence-electron chi connectivity index (χ0n) is 15.5. The smallest absolute Gasteiger partial charge is 0.319 e. The summed E-state index contributed by atoms with van der Waals surface area (Å²) in [7, 11) is -2.07. The second-order valence-corrected chi connectivity index (χ2v) is 8.49. The van der Waals surface area contributed by atoms with Crippen molar-refractivity contribution in [3.05, 3.63) is 54.7 Å². The van der Waals surface area contributed by atoms with Crippen LogP contribution in [0.15, 0.2) is 59.6 Å². The van der Waals surface area contributed by atoms with Crippen LogP contribution in [-0.4, -0.2) is 49.0 Å². The molecular formula is C20H21N3O4S. The first-order valence-electron chi connectivity index (χ1n) is 9.09. The molecule has 0 aliphatic carbocycles. The number of hydrogen-bond acceptors (Lipinski definition) is 6. The molecule has 1 fully saturated rings. The molecule has 0 amide bonds. The van der Waals surface area contributed by atoms with Gasteiger partial charge in [-0.15, -0.1) is 0 Å². The summed E-state index contributed by atoms with van der Waals surface area (Å²) < 4.78 is 38.8. The Morgan fingerprint density at radius 1 is 1.04 bits per heavy atom. The summed E-state index contributed by atoms with van der Waals surface area (Å²) in [5.41, 5.74) is 0. The van der Waals surface area contributed by atoms with Crippen LogP contribution >= 0.6 is 0 Å². The first kappa shape index (κ1) is 18.6. The van der Waals surface area contributed by atoms with Crippen molar-refractivity contribution in [2.45, 2.75) is 23.8 Å². The van der Waals surface area contributed by atoms with E-state index in [1.807, 2.05) is 30.3 Å². The average Bonchev–Trinajstić information content (AvgIpc) is 2.74. The molecule has 3 aromatic rings. The molecule has 1 aromatic heterocycles. The summed E-state index contributed by atoms with van der Waals surface area (Å²) >= 11 is 0. The van der Waals surface area contributed by atoms with Gasteiger partial charge in [0.1, 0.15) is 6.10 Å². The normalized spacial score (nSPS) is 16.2. The molecule has 0 spiro atoms. The molecule has 0 atom stereocenters. The fourth-order valence-electron chi connectivity index (χ4n) is 3.41. The average molecular weight is 399 g/mol. The van der Waals surface area contributed by atoms with Gasteiger partial charge in [0.25, 0.3) is 0 Å². The molecule has 7 nitrogen and oxygen atoms in total. The number of rotatable bonds is 5. The van der Waals surface area contributed by atoms with Crippen molar-refractivity contribution >= 4 is 20.8 Å². The molecule has 1 aliphatic rings. The zero-order valence-corrected chi connectivity index (χ0v) is 16.3. The molecule has 4 rings (SSSR count). The maximum atomic E-state index is 13.2. The Morgan fingerprint density at radius 3 is 2.57 bits per heavy atom. The summed E-state index contributed by atoms with van der Waals surface area (Å²) in [5, 5.41) is 1.66. The number of ether oxygens (including phenoxy) is 2. The minimum atomic E-state index is -3.56. The van der Waals surface area contributed by atoms with E-state index >= 15 is 0 Å². The predicted octanol–water partition coefficient (Wildman–Crippen LogP) is 2.87. The summed E-state index contributed by atoms with van der Waals surface area (Å²) in [5.74, 6) is 0.433. The highest BCUT2D eigenvalue weighted by Gasteiger charge is 2.31. The van der Waals surface area contributed by atoms with Gasteiger partial charge in [-0.1, -0.05) is 36.4 Å². The number of sulfonamides is 1. The standard InChI is InChI=1S/C20H21N3O4S/c1-26-20-21-12-9-19(22-20)27-16-10-13-23(14-11-16)28(24,25)18-8-4-6-15-5-2-3-7-17(15)18/h2-9,12,16H,10-11,13-14H2,1H3. The molecule has 28 heavy (non-hydrogen) atoms. The minimum Gasteiger partial charge on any atom is -0.474 e. The van der Waals surface area contributed by atoms with Gasteiger partial charge in [0.2, 0.25) is 15.9 Å². The van der Waals surface area contributed by atoms with Crippen LogP contribution in [0.3, 0.4) is 0 Å². The highest BCUT2D eigenvalue weighted by atomic mass is 32.2. The fraction of sp³-hybridized carbons (Fsp3) is 0.300. The summed E-state index contributed by atoms with van der Waals surface area (Å²) in [6.07, 6.45) is 2.66. The third-order valence-corrected chi connectivity index (χ3v) is 6.80. The van der Waals surface area contributed by atoms with E-state index in [0.29, 0.717) is 36.7 Å². The van der Waals surface area contributed by atoms with Gasteiger partial charge in [-0.05, 0) is 24.3 Å². The molecule has 1 saturated heterocycles. The largest absolute Gasteiger partial charge is 0.474 e. The number of piperidine rings is 1. The SMILES string of the molecule is COc1nccc(OC2CCN(S(=O)(=O)c3cccc4ccccc34)CC2)n1. The zero-order chi connectivity index (χ0) is 19.6. The van der Waals surface area contributed by atoms with Gasteiger partial charge >= 0.3 is 6.01 Å². The van der Waals surface area contributed by atoms with Crippen molar-refractivity contribution in [2.75, 3.05) is 20.2 Å². The van der Waals surface area contributed by atoms with Crippen LogP contribution in [0.1, 0.15) is 12.8 Å². The van der Waals surface area contributed by atoms with Crippen molar-refractivity contribution in [1.29, 1.82) is 0 Å². The first-order chi connectivity index (χ1) is 13.6. The molecule has 0 bridgehead atoms. The molecule has 1 aliphatic heterocycles. The maximum absolute atomic E-state index is 13.2. The maximum Gasteiger partial charge on any atom is 0.319 e. The summed E-state index contributed by atoms with van der Waals surface area (Å²) in [6, 6.07) is 14.8. The lowest BCUT2D eigenvalue weighted by atomic mass is 10.1. The van der Waals surface area contributed by atoms with Crippen LogP contribution in [0.25, 0.3) is 10.8 Å². The van der Waals surface area contributed by atoms with Gasteiger partial charge in [-0.2, -0.15) is 9.29 Å². The third-order valence-electron chi connectivity index (χ3n) is 4.85. The second kappa shape index (κ2) is 7.73. The van der Waals surface area contributed by atoms with Crippen LogP contribution < -0.4 is 9.47 Å². The molecule has 2 aromatic carbocycles. The molecule has 2 heterocycles. The lowest BCUT2D eigenvalue weighted by molar-refractivity contribution is 0.128. The highest BCUT2D eigenvalue weighted by molar-refractivity contribution is 7.89. The molecule has 8 heteroatoms. The van der Waals surface area contributed by atoms with Gasteiger partial charge in [0, 0.05) is 30.7 Å². The lowest BCUT2D eigenvalue weighted by Gasteiger charge is -2.31. The van der Waals surface area contributed by atoms with E-state index in [9.17, 15) is 8.42 Å². The van der Waals surface area contributed by atoms with Crippen LogP contribution in [0, 0.1) is 0 Å².